The molecule has 94 valence electrons. The minimum atomic E-state index is -3.65. The van der Waals surface area contributed by atoms with Crippen LogP contribution in [0.3, 0.4) is 0 Å². The highest BCUT2D eigenvalue weighted by atomic mass is 79.9. The lowest BCUT2D eigenvalue weighted by atomic mass is 10.3. The molecule has 0 amide bonds. The zero-order valence-corrected chi connectivity index (χ0v) is 11.6. The van der Waals surface area contributed by atoms with Crippen LogP contribution in [0.1, 0.15) is 0 Å². The minimum Gasteiger partial charge on any atom is -0.384 e. The second-order valence-corrected chi connectivity index (χ2v) is 6.04. The molecule has 1 aromatic heterocycles. The summed E-state index contributed by atoms with van der Waals surface area (Å²) in [5.74, 6) is 0.273. The molecule has 0 bridgehead atoms. The topological polar surface area (TPSA) is 85.1 Å². The Kier molecular flexibility index (Phi) is 3.53. The predicted octanol–water partition coefficient (Wildman–Crippen LogP) is 2.23. The predicted molar refractivity (Wildman–Crippen MR) is 73.6 cm³/mol. The van der Waals surface area contributed by atoms with Crippen LogP contribution in [-0.2, 0) is 10.0 Å². The van der Waals surface area contributed by atoms with Gasteiger partial charge in [0.25, 0.3) is 10.0 Å². The maximum absolute atomic E-state index is 12.1. The average molecular weight is 328 g/mol. The Bertz CT molecular complexity index is 656. The molecule has 0 aliphatic rings. The molecule has 0 saturated carbocycles. The summed E-state index contributed by atoms with van der Waals surface area (Å²) in [4.78, 5) is 3.82. The van der Waals surface area contributed by atoms with Crippen molar-refractivity contribution in [2.75, 3.05) is 10.5 Å². The largest absolute Gasteiger partial charge is 0.384 e. The van der Waals surface area contributed by atoms with Crippen LogP contribution < -0.4 is 10.5 Å². The van der Waals surface area contributed by atoms with Gasteiger partial charge in [0.05, 0.1) is 5.69 Å². The Morgan fingerprint density at radius 3 is 2.50 bits per heavy atom. The fourth-order valence-corrected chi connectivity index (χ4v) is 2.84. The molecule has 2 rings (SSSR count). The highest BCUT2D eigenvalue weighted by Gasteiger charge is 2.15. The third-order valence-corrected chi connectivity index (χ3v) is 4.23. The van der Waals surface area contributed by atoms with Crippen molar-refractivity contribution in [2.24, 2.45) is 0 Å². The quantitative estimate of drug-likeness (QED) is 0.905. The molecule has 0 saturated heterocycles. The van der Waals surface area contributed by atoms with E-state index < -0.39 is 10.0 Å². The van der Waals surface area contributed by atoms with Crippen LogP contribution in [0.2, 0.25) is 0 Å². The first-order valence-electron chi connectivity index (χ1n) is 4.98. The summed E-state index contributed by atoms with van der Waals surface area (Å²) in [6.07, 6.45) is 1.22. The summed E-state index contributed by atoms with van der Waals surface area (Å²) in [6, 6.07) is 9.79. The van der Waals surface area contributed by atoms with Crippen molar-refractivity contribution in [3.8, 4) is 0 Å². The first kappa shape index (κ1) is 12.8. The number of nitrogen functional groups attached to an aromatic ring is 1. The van der Waals surface area contributed by atoms with Gasteiger partial charge in [0, 0.05) is 10.7 Å². The van der Waals surface area contributed by atoms with Crippen LogP contribution in [-0.4, -0.2) is 13.4 Å². The molecule has 2 aromatic rings. The van der Waals surface area contributed by atoms with Crippen LogP contribution in [0, 0.1) is 0 Å². The number of hydrogen-bond donors (Lipinski definition) is 2. The van der Waals surface area contributed by atoms with E-state index in [0.29, 0.717) is 10.2 Å². The lowest BCUT2D eigenvalue weighted by Gasteiger charge is -2.09. The van der Waals surface area contributed by atoms with Crippen molar-refractivity contribution in [1.29, 1.82) is 0 Å². The van der Waals surface area contributed by atoms with E-state index in [4.69, 9.17) is 5.73 Å². The van der Waals surface area contributed by atoms with Gasteiger partial charge < -0.3 is 5.73 Å². The summed E-state index contributed by atoms with van der Waals surface area (Å²) < 4.78 is 27.2. The first-order chi connectivity index (χ1) is 8.49. The Morgan fingerprint density at radius 2 is 1.89 bits per heavy atom. The lowest BCUT2D eigenvalue weighted by molar-refractivity contribution is 0.601. The smallest absolute Gasteiger partial charge is 0.263 e. The van der Waals surface area contributed by atoms with Crippen LogP contribution in [0.15, 0.2) is 52.0 Å². The van der Waals surface area contributed by atoms with Gasteiger partial charge in [0.2, 0.25) is 0 Å². The van der Waals surface area contributed by atoms with Gasteiger partial charge in [-0.05, 0) is 40.2 Å². The summed E-state index contributed by atoms with van der Waals surface area (Å²) in [6.45, 7) is 0. The van der Waals surface area contributed by atoms with Crippen LogP contribution in [0.4, 0.5) is 11.5 Å². The van der Waals surface area contributed by atoms with E-state index in [1.807, 2.05) is 0 Å². The first-order valence-corrected chi connectivity index (χ1v) is 7.25. The fourth-order valence-electron chi connectivity index (χ4n) is 1.30. The molecular weight excluding hydrogens is 318 g/mol. The lowest BCUT2D eigenvalue weighted by Crippen LogP contribution is -2.13. The Hall–Kier alpha value is -1.60. The molecule has 0 aliphatic heterocycles. The van der Waals surface area contributed by atoms with Gasteiger partial charge in [-0.3, -0.25) is 4.72 Å². The Morgan fingerprint density at radius 1 is 1.17 bits per heavy atom. The summed E-state index contributed by atoms with van der Waals surface area (Å²) >= 11 is 3.27. The summed E-state index contributed by atoms with van der Waals surface area (Å²) in [7, 11) is -3.65. The van der Waals surface area contributed by atoms with Crippen molar-refractivity contribution in [3.63, 3.8) is 0 Å². The van der Waals surface area contributed by atoms with E-state index in [0.717, 1.165) is 0 Å². The van der Waals surface area contributed by atoms with Gasteiger partial charge in [0.15, 0.2) is 0 Å². The van der Waals surface area contributed by atoms with E-state index in [-0.39, 0.29) is 10.7 Å². The number of anilines is 2. The third-order valence-electron chi connectivity index (χ3n) is 2.19. The number of halogens is 1. The number of rotatable bonds is 3. The molecule has 3 N–H and O–H groups in total. The molecule has 0 spiro atoms. The third kappa shape index (κ3) is 2.80. The van der Waals surface area contributed by atoms with E-state index in [1.165, 1.54) is 18.3 Å². The normalized spacial score (nSPS) is 11.2. The number of nitrogens with one attached hydrogen (secondary N) is 1. The number of pyridine rings is 1. The zero-order chi connectivity index (χ0) is 13.2. The molecule has 1 aromatic carbocycles. The highest BCUT2D eigenvalue weighted by molar-refractivity contribution is 9.10. The van der Waals surface area contributed by atoms with E-state index in [2.05, 4.69) is 25.6 Å². The molecule has 5 nitrogen and oxygen atoms in total. The monoisotopic (exact) mass is 327 g/mol. The van der Waals surface area contributed by atoms with Crippen molar-refractivity contribution >= 4 is 37.5 Å². The number of hydrogen-bond acceptors (Lipinski definition) is 4. The van der Waals surface area contributed by atoms with Crippen molar-refractivity contribution in [3.05, 3.63) is 47.1 Å². The highest BCUT2D eigenvalue weighted by Crippen LogP contribution is 2.24. The van der Waals surface area contributed by atoms with Crippen LogP contribution >= 0.6 is 15.9 Å². The van der Waals surface area contributed by atoms with Gasteiger partial charge >= 0.3 is 0 Å². The number of sulfonamides is 1. The van der Waals surface area contributed by atoms with Crippen molar-refractivity contribution in [1.82, 2.24) is 4.98 Å². The molecular formula is C11H10BrN3O2S. The maximum Gasteiger partial charge on any atom is 0.263 e. The Labute approximate surface area is 113 Å². The number of para-hydroxylation sites is 1. The van der Waals surface area contributed by atoms with Crippen LogP contribution in [0.25, 0.3) is 0 Å². The van der Waals surface area contributed by atoms with Gasteiger partial charge in [0.1, 0.15) is 10.7 Å². The average Bonchev–Trinajstić information content (AvgIpc) is 2.32. The van der Waals surface area contributed by atoms with E-state index in [9.17, 15) is 8.42 Å². The van der Waals surface area contributed by atoms with E-state index >= 15 is 0 Å². The van der Waals surface area contributed by atoms with Crippen molar-refractivity contribution < 1.29 is 8.42 Å². The number of benzene rings is 1. The van der Waals surface area contributed by atoms with Crippen LogP contribution in [0.5, 0.6) is 0 Å². The SMILES string of the molecule is Nc1ccc(S(=O)(=O)Nc2ccccc2Br)cn1. The molecule has 0 atom stereocenters. The molecule has 18 heavy (non-hydrogen) atoms. The number of aromatic nitrogens is 1. The summed E-state index contributed by atoms with van der Waals surface area (Å²) in [5, 5.41) is 0. The Balaban J connectivity index is 2.33. The zero-order valence-electron chi connectivity index (χ0n) is 9.17. The second-order valence-electron chi connectivity index (χ2n) is 3.50. The fraction of sp³-hybridized carbons (Fsp3) is 0. The number of nitrogens with zero attached hydrogens (tertiary/aromatic N) is 1. The molecule has 7 heteroatoms. The van der Waals surface area contributed by atoms with Gasteiger partial charge in [-0.15, -0.1) is 0 Å². The molecule has 0 fully saturated rings. The summed E-state index contributed by atoms with van der Waals surface area (Å²) in [5.41, 5.74) is 5.88. The second kappa shape index (κ2) is 4.95. The van der Waals surface area contributed by atoms with Gasteiger partial charge in [-0.2, -0.15) is 0 Å². The van der Waals surface area contributed by atoms with Gasteiger partial charge in [-0.1, -0.05) is 12.1 Å². The molecule has 0 radical (unpaired) electrons. The standard InChI is InChI=1S/C11H10BrN3O2S/c12-9-3-1-2-4-10(9)15-18(16,17)8-5-6-11(13)14-7-8/h1-7,15H,(H2,13,14). The van der Waals surface area contributed by atoms with E-state index in [1.54, 1.807) is 24.3 Å². The van der Waals surface area contributed by atoms with Gasteiger partial charge in [-0.25, -0.2) is 13.4 Å². The molecule has 0 aliphatic carbocycles. The molecule has 0 unspecified atom stereocenters. The maximum atomic E-state index is 12.1. The van der Waals surface area contributed by atoms with Crippen molar-refractivity contribution in [2.45, 2.75) is 4.90 Å². The minimum absolute atomic E-state index is 0.0625. The number of nitrogens with two attached hydrogens (primary N) is 1. The molecule has 1 heterocycles.